The number of thioether (sulfide) groups is 1. The minimum atomic E-state index is -0.373. The van der Waals surface area contributed by atoms with E-state index in [9.17, 15) is 9.59 Å². The van der Waals surface area contributed by atoms with Crippen LogP contribution in [0.25, 0.3) is 0 Å². The largest absolute Gasteiger partial charge is 0.293 e. The van der Waals surface area contributed by atoms with Crippen LogP contribution < -0.4 is 0 Å². The average Bonchev–Trinajstić information content (AvgIpc) is 2.17. The lowest BCUT2D eigenvalue weighted by Gasteiger charge is -2.06. The van der Waals surface area contributed by atoms with E-state index >= 15 is 0 Å². The Morgan fingerprint density at radius 3 is 2.36 bits per heavy atom. The molecule has 0 heterocycles. The zero-order valence-electron chi connectivity index (χ0n) is 7.64. The fourth-order valence-corrected chi connectivity index (χ4v) is 2.06. The van der Waals surface area contributed by atoms with Crippen molar-refractivity contribution in [1.29, 1.82) is 0 Å². The molecule has 0 saturated carbocycles. The first-order valence-electron chi connectivity index (χ1n) is 4.10. The predicted octanol–water partition coefficient (Wildman–Crippen LogP) is 3.04. The predicted molar refractivity (Wildman–Crippen MR) is 62.2 cm³/mol. The van der Waals surface area contributed by atoms with Crippen LogP contribution in [0.3, 0.4) is 0 Å². The molecule has 74 valence electrons. The van der Waals surface area contributed by atoms with E-state index in [0.29, 0.717) is 5.56 Å². The second-order valence-corrected chi connectivity index (χ2v) is 4.78. The van der Waals surface area contributed by atoms with E-state index in [0.717, 1.165) is 11.8 Å². The van der Waals surface area contributed by atoms with Crippen molar-refractivity contribution in [1.82, 2.24) is 0 Å². The van der Waals surface area contributed by atoms with Crippen LogP contribution in [0.2, 0.25) is 0 Å². The second kappa shape index (κ2) is 5.22. The molecule has 0 saturated heterocycles. The highest BCUT2D eigenvalue weighted by molar-refractivity contribution is 8.32. The monoisotopic (exact) mass is 226 g/mol. The van der Waals surface area contributed by atoms with Crippen LogP contribution in [-0.2, 0) is 0 Å². The zero-order chi connectivity index (χ0) is 10.6. The maximum absolute atomic E-state index is 11.7. The molecule has 1 atom stereocenters. The lowest BCUT2D eigenvalue weighted by molar-refractivity contribution is 0.0994. The molecule has 1 aromatic rings. The standard InChI is InChI=1S/C10H10O2S2/c1-7(14-10(12)13)9(11)8-5-3-2-4-6-8/h2-7H,1H3,(H,12,13). The van der Waals surface area contributed by atoms with Crippen molar-refractivity contribution in [2.75, 3.05) is 0 Å². The minimum absolute atomic E-state index is 0.0435. The van der Waals surface area contributed by atoms with Crippen LogP contribution in [-0.4, -0.2) is 15.5 Å². The Morgan fingerprint density at radius 2 is 1.86 bits per heavy atom. The maximum atomic E-state index is 11.7. The van der Waals surface area contributed by atoms with Crippen molar-refractivity contribution in [3.05, 3.63) is 35.9 Å². The van der Waals surface area contributed by atoms with Crippen LogP contribution in [0.4, 0.5) is 4.79 Å². The van der Waals surface area contributed by atoms with E-state index < -0.39 is 0 Å². The van der Waals surface area contributed by atoms with Gasteiger partial charge in [-0.05, 0) is 6.92 Å². The number of hydrogen-bond acceptors (Lipinski definition) is 3. The highest BCUT2D eigenvalue weighted by atomic mass is 32.2. The van der Waals surface area contributed by atoms with Gasteiger partial charge in [0.25, 0.3) is 0 Å². The summed E-state index contributed by atoms with van der Waals surface area (Å²) in [4.78, 5) is 22.3. The Balaban J connectivity index is 2.71. The molecule has 0 N–H and O–H groups in total. The first-order chi connectivity index (χ1) is 6.61. The maximum Gasteiger partial charge on any atom is 0.243 e. The van der Waals surface area contributed by atoms with Crippen LogP contribution in [0.15, 0.2) is 30.3 Å². The van der Waals surface area contributed by atoms with Crippen molar-refractivity contribution >= 4 is 34.6 Å². The van der Waals surface area contributed by atoms with Gasteiger partial charge < -0.3 is 0 Å². The van der Waals surface area contributed by atoms with Gasteiger partial charge in [0, 0.05) is 5.56 Å². The number of thiol groups is 1. The summed E-state index contributed by atoms with van der Waals surface area (Å²) in [6, 6.07) is 8.92. The van der Waals surface area contributed by atoms with Crippen LogP contribution >= 0.6 is 24.4 Å². The number of carbonyl (C=O) groups excluding carboxylic acids is 2. The van der Waals surface area contributed by atoms with E-state index in [-0.39, 0.29) is 15.5 Å². The van der Waals surface area contributed by atoms with Crippen LogP contribution in [0.1, 0.15) is 17.3 Å². The Kier molecular flexibility index (Phi) is 4.22. The number of rotatable bonds is 3. The van der Waals surface area contributed by atoms with Crippen molar-refractivity contribution in [3.63, 3.8) is 0 Å². The molecule has 0 bridgehead atoms. The molecule has 0 aliphatic heterocycles. The number of ketones is 1. The molecule has 4 heteroatoms. The molecule has 1 aromatic carbocycles. The van der Waals surface area contributed by atoms with E-state index in [4.69, 9.17) is 0 Å². The number of carbonyl (C=O) groups is 2. The van der Waals surface area contributed by atoms with Gasteiger partial charge in [-0.3, -0.25) is 9.59 Å². The van der Waals surface area contributed by atoms with Gasteiger partial charge in [-0.1, -0.05) is 54.7 Å². The fraction of sp³-hybridized carbons (Fsp3) is 0.200. The Labute approximate surface area is 92.5 Å². The van der Waals surface area contributed by atoms with Crippen molar-refractivity contribution in [2.45, 2.75) is 12.2 Å². The van der Waals surface area contributed by atoms with Gasteiger partial charge in [-0.15, -0.1) is 0 Å². The second-order valence-electron chi connectivity index (χ2n) is 2.76. The van der Waals surface area contributed by atoms with Crippen molar-refractivity contribution < 1.29 is 9.59 Å². The molecule has 0 spiro atoms. The van der Waals surface area contributed by atoms with Crippen LogP contribution in [0, 0.1) is 0 Å². The summed E-state index contributed by atoms with van der Waals surface area (Å²) in [7, 11) is 0. The van der Waals surface area contributed by atoms with Gasteiger partial charge in [-0.2, -0.15) is 0 Å². The average molecular weight is 226 g/mol. The molecular weight excluding hydrogens is 216 g/mol. The smallest absolute Gasteiger partial charge is 0.243 e. The summed E-state index contributed by atoms with van der Waals surface area (Å²) in [5.41, 5.74) is 0.627. The van der Waals surface area contributed by atoms with Gasteiger partial charge in [0.1, 0.15) is 0 Å². The van der Waals surface area contributed by atoms with E-state index in [1.807, 2.05) is 6.07 Å². The summed E-state index contributed by atoms with van der Waals surface area (Å²) >= 11 is 4.55. The molecular formula is C10H10O2S2. The third kappa shape index (κ3) is 3.20. The lowest BCUT2D eigenvalue weighted by Crippen LogP contribution is -2.14. The Hall–Kier alpha value is -0.740. The summed E-state index contributed by atoms with van der Waals surface area (Å²) in [5, 5.41) is -0.373. The number of Topliss-reactive ketones (excluding diaryl/α,β-unsaturated/α-hetero) is 1. The zero-order valence-corrected chi connectivity index (χ0v) is 9.35. The van der Waals surface area contributed by atoms with Crippen LogP contribution in [0.5, 0.6) is 0 Å². The number of hydrogen-bond donors (Lipinski definition) is 1. The molecule has 0 radical (unpaired) electrons. The topological polar surface area (TPSA) is 34.1 Å². The molecule has 1 unspecified atom stereocenters. The first kappa shape index (κ1) is 11.3. The van der Waals surface area contributed by atoms with Crippen molar-refractivity contribution in [2.24, 2.45) is 0 Å². The molecule has 0 aliphatic rings. The van der Waals surface area contributed by atoms with Gasteiger partial charge >= 0.3 is 0 Å². The van der Waals surface area contributed by atoms with Crippen molar-refractivity contribution in [3.8, 4) is 0 Å². The quantitative estimate of drug-likeness (QED) is 0.635. The first-order valence-corrected chi connectivity index (χ1v) is 5.43. The number of benzene rings is 1. The SMILES string of the molecule is CC(SC(=O)S)C(=O)c1ccccc1. The minimum Gasteiger partial charge on any atom is -0.293 e. The lowest BCUT2D eigenvalue weighted by atomic mass is 10.1. The summed E-state index contributed by atoms with van der Waals surface area (Å²) in [5.74, 6) is -0.0435. The summed E-state index contributed by atoms with van der Waals surface area (Å²) in [6.45, 7) is 1.70. The molecule has 0 aliphatic carbocycles. The molecule has 0 amide bonds. The highest BCUT2D eigenvalue weighted by Crippen LogP contribution is 2.18. The molecule has 0 fully saturated rings. The normalized spacial score (nSPS) is 12.1. The van der Waals surface area contributed by atoms with E-state index in [1.54, 1.807) is 31.2 Å². The van der Waals surface area contributed by atoms with E-state index in [1.165, 1.54) is 0 Å². The highest BCUT2D eigenvalue weighted by Gasteiger charge is 2.17. The Morgan fingerprint density at radius 1 is 1.29 bits per heavy atom. The molecule has 1 rings (SSSR count). The van der Waals surface area contributed by atoms with Gasteiger partial charge in [0.2, 0.25) is 4.45 Å². The van der Waals surface area contributed by atoms with E-state index in [2.05, 4.69) is 12.6 Å². The summed E-state index contributed by atoms with van der Waals surface area (Å²) < 4.78 is -0.332. The summed E-state index contributed by atoms with van der Waals surface area (Å²) in [6.07, 6.45) is 0. The molecule has 0 aromatic heterocycles. The van der Waals surface area contributed by atoms with Gasteiger partial charge in [0.05, 0.1) is 5.25 Å². The third-order valence-corrected chi connectivity index (χ3v) is 2.79. The molecule has 14 heavy (non-hydrogen) atoms. The van der Waals surface area contributed by atoms with Gasteiger partial charge in [-0.25, -0.2) is 0 Å². The fourth-order valence-electron chi connectivity index (χ4n) is 1.04. The Bertz CT molecular complexity index is 335. The van der Waals surface area contributed by atoms with Gasteiger partial charge in [0.15, 0.2) is 5.78 Å². The third-order valence-electron chi connectivity index (χ3n) is 1.71. The molecule has 2 nitrogen and oxygen atoms in total.